The summed E-state index contributed by atoms with van der Waals surface area (Å²) in [5.41, 5.74) is 3.72. The topological polar surface area (TPSA) is 12.0 Å². The van der Waals surface area contributed by atoms with Gasteiger partial charge in [0.2, 0.25) is 0 Å². The molecule has 0 atom stereocenters. The van der Waals surface area contributed by atoms with Crippen molar-refractivity contribution in [2.75, 3.05) is 0 Å². The van der Waals surface area contributed by atoms with Crippen molar-refractivity contribution in [2.24, 2.45) is 0 Å². The molecule has 0 saturated heterocycles. The molecule has 0 fully saturated rings. The summed E-state index contributed by atoms with van der Waals surface area (Å²) >= 11 is 0. The Bertz CT molecular complexity index is 396. The zero-order valence-electron chi connectivity index (χ0n) is 12.3. The smallest absolute Gasteiger partial charge is 0.154 e. The summed E-state index contributed by atoms with van der Waals surface area (Å²) in [6.07, 6.45) is 3.67. The lowest BCUT2D eigenvalue weighted by Crippen LogP contribution is -2.37. The first-order chi connectivity index (χ1) is 8.48. The molecule has 0 radical (unpaired) electrons. The van der Waals surface area contributed by atoms with E-state index in [-0.39, 0.29) is 5.54 Å². The number of nitrogens with one attached hydrogen (secondary N) is 1. The van der Waals surface area contributed by atoms with Crippen LogP contribution in [-0.4, -0.2) is 12.8 Å². The number of benzene rings is 1. The van der Waals surface area contributed by atoms with Crippen LogP contribution in [-0.2, 0) is 0 Å². The fourth-order valence-corrected chi connectivity index (χ4v) is 2.14. The van der Waals surface area contributed by atoms with E-state index in [4.69, 9.17) is 0 Å². The lowest BCUT2D eigenvalue weighted by Gasteiger charge is -2.29. The molecule has 1 N–H and O–H groups in total. The van der Waals surface area contributed by atoms with Crippen LogP contribution < -0.4 is 10.8 Å². The van der Waals surface area contributed by atoms with Gasteiger partial charge in [0.1, 0.15) is 0 Å². The Morgan fingerprint density at radius 1 is 1.39 bits per heavy atom. The molecule has 0 aromatic heterocycles. The predicted octanol–water partition coefficient (Wildman–Crippen LogP) is 3.33. The van der Waals surface area contributed by atoms with Crippen LogP contribution in [0, 0.1) is 0 Å². The summed E-state index contributed by atoms with van der Waals surface area (Å²) in [7, 11) is 1.07. The highest BCUT2D eigenvalue weighted by Crippen LogP contribution is 2.18. The Kier molecular flexibility index (Phi) is 5.52. The first kappa shape index (κ1) is 14.9. The van der Waals surface area contributed by atoms with Gasteiger partial charge in [-0.1, -0.05) is 62.9 Å². The first-order valence-electron chi connectivity index (χ1n) is 7.05. The zero-order valence-corrected chi connectivity index (χ0v) is 12.3. The average Bonchev–Trinajstić information content (AvgIpc) is 2.36. The van der Waals surface area contributed by atoms with E-state index in [2.05, 4.69) is 63.8 Å². The number of hydrogen-bond donors (Lipinski definition) is 1. The normalized spacial score (nSPS) is 11.1. The third-order valence-electron chi connectivity index (χ3n) is 3.33. The van der Waals surface area contributed by atoms with Crippen LogP contribution in [0.1, 0.15) is 45.6 Å². The van der Waals surface area contributed by atoms with Crippen LogP contribution in [0.25, 0.3) is 5.70 Å². The fourth-order valence-electron chi connectivity index (χ4n) is 2.14. The van der Waals surface area contributed by atoms with E-state index in [1.54, 1.807) is 0 Å². The maximum atomic E-state index is 4.18. The van der Waals surface area contributed by atoms with Gasteiger partial charge in [-0.15, -0.1) is 0 Å². The lowest BCUT2D eigenvalue weighted by atomic mass is 9.73. The molecule has 1 nitrogen and oxygen atoms in total. The highest BCUT2D eigenvalue weighted by molar-refractivity contribution is 6.51. The Hall–Kier alpha value is -1.18. The Labute approximate surface area is 113 Å². The van der Waals surface area contributed by atoms with Crippen molar-refractivity contribution in [3.05, 3.63) is 36.4 Å². The Morgan fingerprint density at radius 3 is 2.72 bits per heavy atom. The maximum absolute atomic E-state index is 4.18. The molecule has 1 aromatic carbocycles. The largest absolute Gasteiger partial charge is 0.380 e. The minimum atomic E-state index is 0.120. The van der Waals surface area contributed by atoms with Crippen molar-refractivity contribution >= 4 is 18.4 Å². The highest BCUT2D eigenvalue weighted by atomic mass is 15.0. The van der Waals surface area contributed by atoms with Crippen molar-refractivity contribution in [1.82, 2.24) is 5.32 Å². The van der Waals surface area contributed by atoms with Gasteiger partial charge in [0.05, 0.1) is 0 Å². The lowest BCUT2D eigenvalue weighted by molar-refractivity contribution is 0.403. The number of unbranched alkanes of at least 4 members (excludes halogenated alkanes) is 1. The van der Waals surface area contributed by atoms with Crippen molar-refractivity contribution in [3.8, 4) is 0 Å². The first-order valence-corrected chi connectivity index (χ1v) is 7.05. The van der Waals surface area contributed by atoms with Gasteiger partial charge < -0.3 is 5.32 Å². The van der Waals surface area contributed by atoms with Gasteiger partial charge >= 0.3 is 0 Å². The second kappa shape index (κ2) is 6.68. The molecule has 0 saturated carbocycles. The molecule has 0 spiro atoms. The van der Waals surface area contributed by atoms with E-state index in [9.17, 15) is 0 Å². The van der Waals surface area contributed by atoms with Gasteiger partial charge in [-0.05, 0) is 25.8 Å². The summed E-state index contributed by atoms with van der Waals surface area (Å²) in [5.74, 6) is 0. The van der Waals surface area contributed by atoms with Crippen LogP contribution in [0.5, 0.6) is 0 Å². The van der Waals surface area contributed by atoms with Gasteiger partial charge in [-0.25, -0.2) is 0 Å². The van der Waals surface area contributed by atoms with Crippen LogP contribution in [0.4, 0.5) is 0 Å². The molecule has 0 heterocycles. The standard InChI is InChI=1S/C16H26BN/c1-6-7-11-16(3,4)18-13(2)14-9-8-10-15(12-14)17-5/h8-10,12,17-18H,2,6-7,11H2,1,3-5H3. The average molecular weight is 243 g/mol. The second-order valence-corrected chi connectivity index (χ2v) is 5.64. The molecule has 0 aliphatic heterocycles. The van der Waals surface area contributed by atoms with Crippen LogP contribution in [0.15, 0.2) is 30.8 Å². The molecule has 0 bridgehead atoms. The molecule has 0 aliphatic carbocycles. The molecule has 0 aliphatic rings. The Morgan fingerprint density at radius 2 is 2.11 bits per heavy atom. The summed E-state index contributed by atoms with van der Waals surface area (Å²) < 4.78 is 0. The van der Waals surface area contributed by atoms with Gasteiger partial charge in [0.15, 0.2) is 7.28 Å². The quantitative estimate of drug-likeness (QED) is 0.724. The van der Waals surface area contributed by atoms with Crippen LogP contribution in [0.2, 0.25) is 6.82 Å². The molecule has 2 heteroatoms. The summed E-state index contributed by atoms with van der Waals surface area (Å²) in [4.78, 5) is 0. The van der Waals surface area contributed by atoms with E-state index < -0.39 is 0 Å². The maximum Gasteiger partial charge on any atom is 0.154 e. The second-order valence-electron chi connectivity index (χ2n) is 5.64. The SMILES string of the molecule is C=C(NC(C)(C)CCCC)c1cccc(BC)c1. The molecule has 0 unspecified atom stereocenters. The predicted molar refractivity (Wildman–Crippen MR) is 84.9 cm³/mol. The molecular weight excluding hydrogens is 217 g/mol. The Balaban J connectivity index is 2.69. The summed E-state index contributed by atoms with van der Waals surface area (Å²) in [5, 5.41) is 3.56. The number of rotatable bonds is 7. The van der Waals surface area contributed by atoms with E-state index in [0.717, 1.165) is 13.0 Å². The summed E-state index contributed by atoms with van der Waals surface area (Å²) in [6.45, 7) is 13.1. The fraction of sp³-hybridized carbons (Fsp3) is 0.500. The van der Waals surface area contributed by atoms with Crippen LogP contribution in [0.3, 0.4) is 0 Å². The van der Waals surface area contributed by atoms with Crippen molar-refractivity contribution in [1.29, 1.82) is 0 Å². The van der Waals surface area contributed by atoms with Gasteiger partial charge in [0.25, 0.3) is 0 Å². The minimum absolute atomic E-state index is 0.120. The molecule has 0 amide bonds. The van der Waals surface area contributed by atoms with Crippen molar-refractivity contribution in [2.45, 2.75) is 52.4 Å². The monoisotopic (exact) mass is 243 g/mol. The van der Waals surface area contributed by atoms with Crippen molar-refractivity contribution in [3.63, 3.8) is 0 Å². The minimum Gasteiger partial charge on any atom is -0.380 e. The third-order valence-corrected chi connectivity index (χ3v) is 3.33. The van der Waals surface area contributed by atoms with Crippen LogP contribution >= 0.6 is 0 Å². The number of hydrogen-bond acceptors (Lipinski definition) is 1. The van der Waals surface area contributed by atoms with Crippen molar-refractivity contribution < 1.29 is 0 Å². The molecule has 18 heavy (non-hydrogen) atoms. The molecule has 1 rings (SSSR count). The third kappa shape index (κ3) is 4.60. The summed E-state index contributed by atoms with van der Waals surface area (Å²) in [6, 6.07) is 8.63. The highest BCUT2D eigenvalue weighted by Gasteiger charge is 2.17. The van der Waals surface area contributed by atoms with E-state index >= 15 is 0 Å². The molecule has 98 valence electrons. The van der Waals surface area contributed by atoms with Gasteiger partial charge in [-0.2, -0.15) is 0 Å². The van der Waals surface area contributed by atoms with E-state index in [0.29, 0.717) is 0 Å². The molecule has 1 aromatic rings. The van der Waals surface area contributed by atoms with Gasteiger partial charge in [-0.3, -0.25) is 0 Å². The molecular formula is C16H26BN. The zero-order chi connectivity index (χ0) is 13.6. The van der Waals surface area contributed by atoms with E-state index in [1.165, 1.54) is 30.3 Å². The van der Waals surface area contributed by atoms with Gasteiger partial charge in [0, 0.05) is 11.2 Å². The van der Waals surface area contributed by atoms with E-state index in [1.807, 2.05) is 0 Å².